The molecule has 0 spiro atoms. The van der Waals surface area contributed by atoms with Gasteiger partial charge in [0.1, 0.15) is 0 Å². The molecule has 1 unspecified atom stereocenters. The molecule has 18 heavy (non-hydrogen) atoms. The molecule has 0 radical (unpaired) electrons. The summed E-state index contributed by atoms with van der Waals surface area (Å²) in [4.78, 5) is 11.8. The SMILES string of the molecule is CCC(CCO)NC(=O)c1cc(F)c(F)cc1N. The molecular formula is C12H16F2N2O2. The van der Waals surface area contributed by atoms with Crippen LogP contribution >= 0.6 is 0 Å². The Kier molecular flexibility index (Phi) is 5.03. The molecule has 0 bridgehead atoms. The lowest BCUT2D eigenvalue weighted by atomic mass is 10.1. The number of nitrogens with one attached hydrogen (secondary N) is 1. The molecule has 100 valence electrons. The largest absolute Gasteiger partial charge is 0.398 e. The highest BCUT2D eigenvalue weighted by Gasteiger charge is 2.17. The number of nitrogens with two attached hydrogens (primary N) is 1. The van der Waals surface area contributed by atoms with Gasteiger partial charge in [-0.1, -0.05) is 6.92 Å². The summed E-state index contributed by atoms with van der Waals surface area (Å²) in [6.07, 6.45) is 1.02. The quantitative estimate of drug-likeness (QED) is 0.699. The van der Waals surface area contributed by atoms with Crippen molar-refractivity contribution in [3.8, 4) is 0 Å². The van der Waals surface area contributed by atoms with Gasteiger partial charge in [0.25, 0.3) is 5.91 Å². The van der Waals surface area contributed by atoms with Gasteiger partial charge in [-0.05, 0) is 18.9 Å². The molecule has 1 amide bonds. The molecule has 1 aromatic carbocycles. The topological polar surface area (TPSA) is 75.3 Å². The summed E-state index contributed by atoms with van der Waals surface area (Å²) in [6, 6.07) is 1.32. The average Bonchev–Trinajstić information content (AvgIpc) is 2.33. The Hall–Kier alpha value is -1.69. The van der Waals surface area contributed by atoms with Crippen molar-refractivity contribution in [3.63, 3.8) is 0 Å². The maximum atomic E-state index is 13.0. The van der Waals surface area contributed by atoms with Crippen molar-refractivity contribution in [1.29, 1.82) is 0 Å². The number of carbonyl (C=O) groups excluding carboxylic acids is 1. The van der Waals surface area contributed by atoms with Gasteiger partial charge >= 0.3 is 0 Å². The predicted molar refractivity (Wildman–Crippen MR) is 64.0 cm³/mol. The summed E-state index contributed by atoms with van der Waals surface area (Å²) < 4.78 is 25.9. The standard InChI is InChI=1S/C12H16F2N2O2/c1-2-7(3-4-17)16-12(18)8-5-9(13)10(14)6-11(8)15/h5-7,17H,2-4,15H2,1H3,(H,16,18). The van der Waals surface area contributed by atoms with Crippen molar-refractivity contribution in [2.24, 2.45) is 0 Å². The van der Waals surface area contributed by atoms with Gasteiger partial charge in [0.2, 0.25) is 0 Å². The number of nitrogen functional groups attached to an aromatic ring is 1. The smallest absolute Gasteiger partial charge is 0.253 e. The molecule has 0 aliphatic rings. The number of rotatable bonds is 5. The average molecular weight is 258 g/mol. The first-order valence-corrected chi connectivity index (χ1v) is 5.65. The van der Waals surface area contributed by atoms with Gasteiger partial charge in [0.05, 0.1) is 5.56 Å². The van der Waals surface area contributed by atoms with Crippen molar-refractivity contribution in [2.45, 2.75) is 25.8 Å². The third-order valence-electron chi connectivity index (χ3n) is 2.64. The maximum Gasteiger partial charge on any atom is 0.253 e. The first-order valence-electron chi connectivity index (χ1n) is 5.65. The van der Waals surface area contributed by atoms with Crippen LogP contribution in [0.3, 0.4) is 0 Å². The monoisotopic (exact) mass is 258 g/mol. The number of benzene rings is 1. The van der Waals surface area contributed by atoms with Gasteiger partial charge in [-0.25, -0.2) is 8.78 Å². The number of amides is 1. The van der Waals surface area contributed by atoms with E-state index in [-0.39, 0.29) is 23.9 Å². The van der Waals surface area contributed by atoms with Crippen LogP contribution in [0.15, 0.2) is 12.1 Å². The number of aliphatic hydroxyl groups is 1. The van der Waals surface area contributed by atoms with E-state index in [9.17, 15) is 13.6 Å². The highest BCUT2D eigenvalue weighted by Crippen LogP contribution is 2.17. The molecule has 1 rings (SSSR count). The zero-order valence-electron chi connectivity index (χ0n) is 10.0. The van der Waals surface area contributed by atoms with Crippen molar-refractivity contribution < 1.29 is 18.7 Å². The molecule has 0 aliphatic heterocycles. The Labute approximate surface area is 104 Å². The van der Waals surface area contributed by atoms with Gasteiger partial charge in [-0.3, -0.25) is 4.79 Å². The Morgan fingerprint density at radius 2 is 2.06 bits per heavy atom. The number of anilines is 1. The van der Waals surface area contributed by atoms with Crippen LogP contribution in [-0.4, -0.2) is 23.7 Å². The summed E-state index contributed by atoms with van der Waals surface area (Å²) in [5.74, 6) is -2.79. The minimum absolute atomic E-state index is 0.0634. The number of aliphatic hydroxyl groups excluding tert-OH is 1. The van der Waals surface area contributed by atoms with Gasteiger partial charge < -0.3 is 16.2 Å². The number of hydrogen-bond acceptors (Lipinski definition) is 3. The van der Waals surface area contributed by atoms with E-state index in [0.29, 0.717) is 12.8 Å². The highest BCUT2D eigenvalue weighted by molar-refractivity contribution is 5.99. The van der Waals surface area contributed by atoms with Crippen LogP contribution in [-0.2, 0) is 0 Å². The molecule has 0 heterocycles. The van der Waals surface area contributed by atoms with E-state index < -0.39 is 17.5 Å². The predicted octanol–water partition coefficient (Wildman–Crippen LogP) is 1.44. The normalized spacial score (nSPS) is 12.2. The lowest BCUT2D eigenvalue weighted by Crippen LogP contribution is -2.35. The summed E-state index contributed by atoms with van der Waals surface area (Å²) in [6.45, 7) is 1.78. The van der Waals surface area contributed by atoms with Crippen LogP contribution in [0, 0.1) is 11.6 Å². The first kappa shape index (κ1) is 14.4. The zero-order valence-corrected chi connectivity index (χ0v) is 10.0. The fourth-order valence-corrected chi connectivity index (χ4v) is 1.56. The van der Waals surface area contributed by atoms with Gasteiger partial charge in [-0.2, -0.15) is 0 Å². The molecule has 0 saturated carbocycles. The molecule has 0 saturated heterocycles. The van der Waals surface area contributed by atoms with Crippen LogP contribution in [0.2, 0.25) is 0 Å². The zero-order chi connectivity index (χ0) is 13.7. The van der Waals surface area contributed by atoms with E-state index in [2.05, 4.69) is 5.32 Å². The second-order valence-electron chi connectivity index (χ2n) is 3.94. The molecular weight excluding hydrogens is 242 g/mol. The van der Waals surface area contributed by atoms with E-state index >= 15 is 0 Å². The van der Waals surface area contributed by atoms with E-state index in [4.69, 9.17) is 10.8 Å². The lowest BCUT2D eigenvalue weighted by Gasteiger charge is -2.16. The van der Waals surface area contributed by atoms with E-state index in [0.717, 1.165) is 12.1 Å². The fourth-order valence-electron chi connectivity index (χ4n) is 1.56. The second-order valence-corrected chi connectivity index (χ2v) is 3.94. The number of halogens is 2. The van der Waals surface area contributed by atoms with Crippen molar-refractivity contribution >= 4 is 11.6 Å². The van der Waals surface area contributed by atoms with Crippen LogP contribution < -0.4 is 11.1 Å². The Balaban J connectivity index is 2.87. The molecule has 1 aromatic rings. The molecule has 4 nitrogen and oxygen atoms in total. The third-order valence-corrected chi connectivity index (χ3v) is 2.64. The summed E-state index contributed by atoms with van der Waals surface area (Å²) in [7, 11) is 0. The van der Waals surface area contributed by atoms with Crippen LogP contribution in [0.1, 0.15) is 30.1 Å². The number of hydrogen-bond donors (Lipinski definition) is 3. The Morgan fingerprint density at radius 3 is 2.61 bits per heavy atom. The first-order chi connectivity index (χ1) is 8.49. The number of carbonyl (C=O) groups is 1. The summed E-state index contributed by atoms with van der Waals surface area (Å²) in [5.41, 5.74) is 5.24. The molecule has 1 atom stereocenters. The third kappa shape index (κ3) is 3.40. The molecule has 0 aromatic heterocycles. The van der Waals surface area contributed by atoms with Gasteiger partial charge in [0, 0.05) is 24.4 Å². The maximum absolute atomic E-state index is 13.0. The van der Waals surface area contributed by atoms with E-state index in [1.54, 1.807) is 0 Å². The molecule has 4 N–H and O–H groups in total. The van der Waals surface area contributed by atoms with Crippen LogP contribution in [0.5, 0.6) is 0 Å². The Bertz CT molecular complexity index is 438. The van der Waals surface area contributed by atoms with Crippen LogP contribution in [0.25, 0.3) is 0 Å². The van der Waals surface area contributed by atoms with Crippen molar-refractivity contribution in [3.05, 3.63) is 29.3 Å². The van der Waals surface area contributed by atoms with E-state index in [1.165, 1.54) is 0 Å². The molecule has 0 fully saturated rings. The molecule has 6 heteroatoms. The van der Waals surface area contributed by atoms with Crippen molar-refractivity contribution in [1.82, 2.24) is 5.32 Å². The molecule has 0 aliphatic carbocycles. The summed E-state index contributed by atoms with van der Waals surface area (Å²) in [5, 5.41) is 11.4. The minimum atomic E-state index is -1.12. The van der Waals surface area contributed by atoms with Gasteiger partial charge in [0.15, 0.2) is 11.6 Å². The lowest BCUT2D eigenvalue weighted by molar-refractivity contribution is 0.0929. The van der Waals surface area contributed by atoms with Crippen LogP contribution in [0.4, 0.5) is 14.5 Å². The van der Waals surface area contributed by atoms with E-state index in [1.807, 2.05) is 6.92 Å². The Morgan fingerprint density at radius 1 is 1.44 bits per heavy atom. The van der Waals surface area contributed by atoms with Crippen molar-refractivity contribution in [2.75, 3.05) is 12.3 Å². The minimum Gasteiger partial charge on any atom is -0.398 e. The highest BCUT2D eigenvalue weighted by atomic mass is 19.2. The second kappa shape index (κ2) is 6.30. The summed E-state index contributed by atoms with van der Waals surface area (Å²) >= 11 is 0. The fraction of sp³-hybridized carbons (Fsp3) is 0.417. The van der Waals surface area contributed by atoms with Gasteiger partial charge in [-0.15, -0.1) is 0 Å².